The maximum absolute atomic E-state index is 12.7. The lowest BCUT2D eigenvalue weighted by Crippen LogP contribution is -2.46. The largest absolute Gasteiger partial charge is 0.366 e. The summed E-state index contributed by atoms with van der Waals surface area (Å²) >= 11 is 6.43. The van der Waals surface area contributed by atoms with Gasteiger partial charge in [-0.05, 0) is 17.2 Å². The Hall–Kier alpha value is -2.70. The van der Waals surface area contributed by atoms with E-state index in [1.165, 1.54) is 10.2 Å². The van der Waals surface area contributed by atoms with Crippen LogP contribution >= 0.6 is 11.6 Å². The molecule has 4 rings (SSSR count). The Labute approximate surface area is 169 Å². The van der Waals surface area contributed by atoms with E-state index in [1.54, 1.807) is 12.4 Å². The number of halogens is 1. The van der Waals surface area contributed by atoms with Crippen molar-refractivity contribution in [1.82, 2.24) is 19.7 Å². The minimum Gasteiger partial charge on any atom is -0.366 e. The van der Waals surface area contributed by atoms with Crippen LogP contribution in [0, 0.1) is 0 Å². The summed E-state index contributed by atoms with van der Waals surface area (Å²) in [5, 5.41) is 4.59. The smallest absolute Gasteiger partial charge is 0.287 e. The van der Waals surface area contributed by atoms with E-state index in [9.17, 15) is 4.79 Å². The molecule has 0 amide bonds. The van der Waals surface area contributed by atoms with Crippen LogP contribution in [0.5, 0.6) is 0 Å². The summed E-state index contributed by atoms with van der Waals surface area (Å²) in [5.41, 5.74) is 2.70. The molecule has 0 spiro atoms. The fourth-order valence-corrected chi connectivity index (χ4v) is 3.71. The number of anilines is 1. The van der Waals surface area contributed by atoms with Gasteiger partial charge in [-0.2, -0.15) is 5.10 Å². The van der Waals surface area contributed by atoms with Crippen LogP contribution in [0.2, 0.25) is 5.02 Å². The molecule has 2 aromatic heterocycles. The minimum absolute atomic E-state index is 0.242. The number of rotatable bonds is 5. The van der Waals surface area contributed by atoms with Crippen LogP contribution in [-0.4, -0.2) is 45.8 Å². The van der Waals surface area contributed by atoms with Gasteiger partial charge in [0.1, 0.15) is 5.02 Å². The monoisotopic (exact) mass is 395 g/mol. The molecule has 0 unspecified atom stereocenters. The number of benzene rings is 1. The van der Waals surface area contributed by atoms with Gasteiger partial charge in [0, 0.05) is 45.1 Å². The molecule has 6 nitrogen and oxygen atoms in total. The molecule has 28 heavy (non-hydrogen) atoms. The van der Waals surface area contributed by atoms with Crippen LogP contribution in [0.3, 0.4) is 0 Å². The second-order valence-corrected chi connectivity index (χ2v) is 7.29. The molecule has 3 aromatic rings. The predicted molar refractivity (Wildman–Crippen MR) is 111 cm³/mol. The minimum atomic E-state index is -0.249. The summed E-state index contributed by atoms with van der Waals surface area (Å²) < 4.78 is 1.42. The zero-order valence-corrected chi connectivity index (χ0v) is 16.3. The highest BCUT2D eigenvalue weighted by molar-refractivity contribution is 6.33. The summed E-state index contributed by atoms with van der Waals surface area (Å²) in [7, 11) is 0. The molecule has 1 aromatic carbocycles. The van der Waals surface area contributed by atoms with Crippen molar-refractivity contribution < 1.29 is 0 Å². The SMILES string of the molecule is O=c1c(Cl)c(N2CCN(Cc3cccnc3)CC2)cnn1Cc1ccccc1. The number of hydrogen-bond acceptors (Lipinski definition) is 5. The number of pyridine rings is 1. The quantitative estimate of drug-likeness (QED) is 0.664. The molecule has 0 aliphatic carbocycles. The lowest BCUT2D eigenvalue weighted by molar-refractivity contribution is 0.249. The van der Waals surface area contributed by atoms with Crippen molar-refractivity contribution in [2.24, 2.45) is 0 Å². The topological polar surface area (TPSA) is 54.3 Å². The van der Waals surface area contributed by atoms with Crippen molar-refractivity contribution in [3.05, 3.63) is 87.6 Å². The third kappa shape index (κ3) is 4.24. The van der Waals surface area contributed by atoms with E-state index in [2.05, 4.69) is 25.9 Å². The molecular formula is C21H22ClN5O. The lowest BCUT2D eigenvalue weighted by atomic mass is 10.2. The third-order valence-electron chi connectivity index (χ3n) is 4.98. The Kier molecular flexibility index (Phi) is 5.69. The van der Waals surface area contributed by atoms with Crippen molar-refractivity contribution in [2.75, 3.05) is 31.1 Å². The van der Waals surface area contributed by atoms with E-state index in [4.69, 9.17) is 11.6 Å². The molecule has 1 aliphatic heterocycles. The van der Waals surface area contributed by atoms with Crippen molar-refractivity contribution in [1.29, 1.82) is 0 Å². The molecule has 7 heteroatoms. The fourth-order valence-electron chi connectivity index (χ4n) is 3.44. The van der Waals surface area contributed by atoms with Crippen LogP contribution in [0.25, 0.3) is 0 Å². The molecule has 0 saturated carbocycles. The van der Waals surface area contributed by atoms with E-state index in [0.29, 0.717) is 6.54 Å². The Morgan fingerprint density at radius 2 is 1.64 bits per heavy atom. The number of nitrogens with zero attached hydrogens (tertiary/aromatic N) is 5. The molecule has 0 atom stereocenters. The van der Waals surface area contributed by atoms with Crippen LogP contribution in [0.1, 0.15) is 11.1 Å². The first-order valence-corrected chi connectivity index (χ1v) is 9.74. The van der Waals surface area contributed by atoms with Gasteiger partial charge in [-0.15, -0.1) is 0 Å². The van der Waals surface area contributed by atoms with Gasteiger partial charge < -0.3 is 4.90 Å². The van der Waals surface area contributed by atoms with Crippen LogP contribution in [0.15, 0.2) is 65.8 Å². The van der Waals surface area contributed by atoms with Gasteiger partial charge in [0.05, 0.1) is 18.4 Å². The van der Waals surface area contributed by atoms with Gasteiger partial charge in [-0.1, -0.05) is 48.0 Å². The van der Waals surface area contributed by atoms with E-state index >= 15 is 0 Å². The van der Waals surface area contributed by atoms with Crippen LogP contribution < -0.4 is 10.5 Å². The van der Waals surface area contributed by atoms with E-state index in [0.717, 1.165) is 44.0 Å². The van der Waals surface area contributed by atoms with Crippen LogP contribution in [0.4, 0.5) is 5.69 Å². The lowest BCUT2D eigenvalue weighted by Gasteiger charge is -2.36. The predicted octanol–water partition coefficient (Wildman–Crippen LogP) is 2.66. The number of hydrogen-bond donors (Lipinski definition) is 0. The van der Waals surface area contributed by atoms with E-state index < -0.39 is 0 Å². The summed E-state index contributed by atoms with van der Waals surface area (Å²) in [6.45, 7) is 4.72. The highest BCUT2D eigenvalue weighted by Crippen LogP contribution is 2.23. The average molecular weight is 396 g/mol. The average Bonchev–Trinajstić information content (AvgIpc) is 2.74. The van der Waals surface area contributed by atoms with Gasteiger partial charge in [-0.3, -0.25) is 14.7 Å². The molecule has 144 valence electrons. The second kappa shape index (κ2) is 8.54. The highest BCUT2D eigenvalue weighted by atomic mass is 35.5. The first-order chi connectivity index (χ1) is 13.7. The molecule has 1 saturated heterocycles. The van der Waals surface area contributed by atoms with Crippen LogP contribution in [-0.2, 0) is 13.1 Å². The normalized spacial score (nSPS) is 15.0. The molecule has 3 heterocycles. The van der Waals surface area contributed by atoms with Gasteiger partial charge in [0.25, 0.3) is 5.56 Å². The first-order valence-electron chi connectivity index (χ1n) is 9.36. The summed E-state index contributed by atoms with van der Waals surface area (Å²) in [6, 6.07) is 13.8. The third-order valence-corrected chi connectivity index (χ3v) is 5.34. The Balaban J connectivity index is 1.42. The summed E-state index contributed by atoms with van der Waals surface area (Å²) in [4.78, 5) is 21.4. The van der Waals surface area contributed by atoms with E-state index in [-0.39, 0.29) is 10.6 Å². The maximum atomic E-state index is 12.7. The van der Waals surface area contributed by atoms with Gasteiger partial charge in [0.2, 0.25) is 0 Å². The fraction of sp³-hybridized carbons (Fsp3) is 0.286. The molecule has 0 bridgehead atoms. The van der Waals surface area contributed by atoms with Crippen molar-refractivity contribution in [2.45, 2.75) is 13.1 Å². The Morgan fingerprint density at radius 1 is 0.893 bits per heavy atom. The Morgan fingerprint density at radius 3 is 2.36 bits per heavy atom. The number of aromatic nitrogens is 3. The van der Waals surface area contributed by atoms with Gasteiger partial charge in [-0.25, -0.2) is 4.68 Å². The zero-order chi connectivity index (χ0) is 19.3. The highest BCUT2D eigenvalue weighted by Gasteiger charge is 2.21. The standard InChI is InChI=1S/C21H22ClN5O/c22-20-19(14-24-27(21(20)28)16-17-5-2-1-3-6-17)26-11-9-25(10-12-26)15-18-7-4-8-23-13-18/h1-8,13-14H,9-12,15-16H2. The maximum Gasteiger partial charge on any atom is 0.287 e. The molecule has 1 fully saturated rings. The van der Waals surface area contributed by atoms with E-state index in [1.807, 2.05) is 42.6 Å². The molecule has 0 N–H and O–H groups in total. The second-order valence-electron chi connectivity index (χ2n) is 6.92. The van der Waals surface area contributed by atoms with Gasteiger partial charge in [0.15, 0.2) is 0 Å². The van der Waals surface area contributed by atoms with Crippen molar-refractivity contribution >= 4 is 17.3 Å². The summed E-state index contributed by atoms with van der Waals surface area (Å²) in [6.07, 6.45) is 5.40. The molecule has 0 radical (unpaired) electrons. The zero-order valence-electron chi connectivity index (χ0n) is 15.5. The number of piperazine rings is 1. The van der Waals surface area contributed by atoms with Crippen molar-refractivity contribution in [3.8, 4) is 0 Å². The van der Waals surface area contributed by atoms with Crippen molar-refractivity contribution in [3.63, 3.8) is 0 Å². The molecule has 1 aliphatic rings. The Bertz CT molecular complexity index is 969. The van der Waals surface area contributed by atoms with Gasteiger partial charge >= 0.3 is 0 Å². The molecular weight excluding hydrogens is 374 g/mol. The first kappa shape index (κ1) is 18.7. The summed E-state index contributed by atoms with van der Waals surface area (Å²) in [5.74, 6) is 0.